The Morgan fingerprint density at radius 1 is 1.47 bits per heavy atom. The fraction of sp³-hybridized carbons (Fsp3) is 0.600. The molecule has 0 amide bonds. The van der Waals surface area contributed by atoms with Gasteiger partial charge in [0.05, 0.1) is 10.8 Å². The van der Waals surface area contributed by atoms with Gasteiger partial charge in [0.2, 0.25) is 5.16 Å². The van der Waals surface area contributed by atoms with Crippen LogP contribution >= 0.6 is 0 Å². The van der Waals surface area contributed by atoms with Crippen molar-refractivity contribution in [2.24, 2.45) is 5.92 Å². The number of rotatable bonds is 3. The highest BCUT2D eigenvalue weighted by Crippen LogP contribution is 2.13. The van der Waals surface area contributed by atoms with Crippen molar-refractivity contribution in [2.45, 2.75) is 18.0 Å². The highest BCUT2D eigenvalue weighted by atomic mass is 32.2. The van der Waals surface area contributed by atoms with Crippen LogP contribution in [0.4, 0.5) is 0 Å². The molecule has 0 radical (unpaired) electrons. The average Bonchev–Trinajstić information content (AvgIpc) is 2.31. The summed E-state index contributed by atoms with van der Waals surface area (Å²) in [5.74, 6) is 1.18. The second-order valence-corrected chi connectivity index (χ2v) is 5.15. The Labute approximate surface area is 92.0 Å². The predicted octanol–water partition coefficient (Wildman–Crippen LogP) is 0.584. The van der Waals surface area contributed by atoms with E-state index in [4.69, 9.17) is 0 Å². The van der Waals surface area contributed by atoms with Crippen molar-refractivity contribution in [2.75, 3.05) is 18.8 Å². The molecule has 1 aliphatic rings. The molecule has 0 bridgehead atoms. The first kappa shape index (κ1) is 10.7. The first-order valence-electron chi connectivity index (χ1n) is 5.22. The SMILES string of the molecule is O=[S@@](C[C@@H]1CCCNC1)c1ncccn1. The van der Waals surface area contributed by atoms with Gasteiger partial charge in [-0.3, -0.25) is 4.21 Å². The van der Waals surface area contributed by atoms with E-state index in [-0.39, 0.29) is 0 Å². The van der Waals surface area contributed by atoms with Gasteiger partial charge in [-0.15, -0.1) is 0 Å². The zero-order valence-electron chi connectivity index (χ0n) is 8.56. The summed E-state index contributed by atoms with van der Waals surface area (Å²) in [5, 5.41) is 3.78. The fourth-order valence-corrected chi connectivity index (χ4v) is 2.98. The minimum absolute atomic E-state index is 0.461. The summed E-state index contributed by atoms with van der Waals surface area (Å²) in [6, 6.07) is 1.74. The monoisotopic (exact) mass is 225 g/mol. The van der Waals surface area contributed by atoms with Gasteiger partial charge < -0.3 is 5.32 Å². The normalized spacial score (nSPS) is 23.6. The Hall–Kier alpha value is -0.810. The lowest BCUT2D eigenvalue weighted by atomic mass is 10.0. The summed E-state index contributed by atoms with van der Waals surface area (Å²) in [6.07, 6.45) is 5.61. The molecule has 2 heterocycles. The minimum atomic E-state index is -1.04. The molecule has 0 saturated carbocycles. The maximum absolute atomic E-state index is 11.9. The quantitative estimate of drug-likeness (QED) is 0.765. The molecular weight excluding hydrogens is 210 g/mol. The molecule has 5 heteroatoms. The molecule has 0 unspecified atom stereocenters. The second-order valence-electron chi connectivity index (χ2n) is 3.76. The van der Waals surface area contributed by atoms with E-state index >= 15 is 0 Å². The molecule has 1 aromatic rings. The van der Waals surface area contributed by atoms with Crippen molar-refractivity contribution < 1.29 is 4.21 Å². The van der Waals surface area contributed by atoms with Crippen molar-refractivity contribution in [3.05, 3.63) is 18.5 Å². The summed E-state index contributed by atoms with van der Waals surface area (Å²) in [7, 11) is -1.04. The molecule has 15 heavy (non-hydrogen) atoms. The Bertz CT molecular complexity index is 325. The Kier molecular flexibility index (Phi) is 3.80. The predicted molar refractivity (Wildman–Crippen MR) is 58.9 cm³/mol. The molecule has 1 saturated heterocycles. The van der Waals surface area contributed by atoms with Crippen molar-refractivity contribution in [1.29, 1.82) is 0 Å². The molecule has 4 nitrogen and oxygen atoms in total. The van der Waals surface area contributed by atoms with Crippen LogP contribution in [0.25, 0.3) is 0 Å². The Morgan fingerprint density at radius 3 is 2.93 bits per heavy atom. The van der Waals surface area contributed by atoms with Crippen LogP contribution in [-0.2, 0) is 10.8 Å². The number of aromatic nitrogens is 2. The molecule has 1 fully saturated rings. The number of hydrogen-bond acceptors (Lipinski definition) is 4. The maximum Gasteiger partial charge on any atom is 0.218 e. The molecule has 0 spiro atoms. The fourth-order valence-electron chi connectivity index (χ4n) is 1.76. The summed E-state index contributed by atoms with van der Waals surface area (Å²) >= 11 is 0. The largest absolute Gasteiger partial charge is 0.316 e. The van der Waals surface area contributed by atoms with Crippen molar-refractivity contribution in [3.63, 3.8) is 0 Å². The summed E-state index contributed by atoms with van der Waals surface area (Å²) in [6.45, 7) is 2.06. The number of nitrogens with one attached hydrogen (secondary N) is 1. The molecular formula is C10H15N3OS. The van der Waals surface area contributed by atoms with E-state index in [1.165, 1.54) is 6.42 Å². The van der Waals surface area contributed by atoms with Crippen molar-refractivity contribution >= 4 is 10.8 Å². The number of nitrogens with zero attached hydrogens (tertiary/aromatic N) is 2. The van der Waals surface area contributed by atoms with Crippen LogP contribution in [0.2, 0.25) is 0 Å². The van der Waals surface area contributed by atoms with Crippen molar-refractivity contribution in [3.8, 4) is 0 Å². The zero-order valence-corrected chi connectivity index (χ0v) is 9.37. The zero-order chi connectivity index (χ0) is 10.5. The molecule has 0 aromatic carbocycles. The van der Waals surface area contributed by atoms with Crippen LogP contribution in [0.1, 0.15) is 12.8 Å². The van der Waals surface area contributed by atoms with E-state index < -0.39 is 10.8 Å². The third-order valence-electron chi connectivity index (χ3n) is 2.53. The van der Waals surface area contributed by atoms with E-state index in [1.807, 2.05) is 0 Å². The molecule has 1 aliphatic heterocycles. The Morgan fingerprint density at radius 2 is 2.27 bits per heavy atom. The maximum atomic E-state index is 11.9. The van der Waals surface area contributed by atoms with E-state index in [9.17, 15) is 4.21 Å². The molecule has 1 N–H and O–H groups in total. The van der Waals surface area contributed by atoms with Crippen LogP contribution < -0.4 is 5.32 Å². The molecule has 1 aromatic heterocycles. The first-order chi connectivity index (χ1) is 7.36. The Balaban J connectivity index is 1.91. The number of piperidine rings is 1. The van der Waals surface area contributed by atoms with Crippen LogP contribution in [0, 0.1) is 5.92 Å². The lowest BCUT2D eigenvalue weighted by molar-refractivity contribution is 0.407. The van der Waals surface area contributed by atoms with Gasteiger partial charge in [0, 0.05) is 18.1 Å². The van der Waals surface area contributed by atoms with Crippen LogP contribution in [0.15, 0.2) is 23.6 Å². The molecule has 2 atom stereocenters. The van der Waals surface area contributed by atoms with E-state index in [2.05, 4.69) is 15.3 Å². The standard InChI is InChI=1S/C10H15N3OS/c14-15(10-12-5-2-6-13-10)8-9-3-1-4-11-7-9/h2,5-6,9,11H,1,3-4,7-8H2/t9-,15+/m1/s1. The topological polar surface area (TPSA) is 54.9 Å². The van der Waals surface area contributed by atoms with Gasteiger partial charge in [0.25, 0.3) is 0 Å². The van der Waals surface area contributed by atoms with E-state index in [0.29, 0.717) is 16.8 Å². The van der Waals surface area contributed by atoms with Gasteiger partial charge in [0.1, 0.15) is 0 Å². The summed E-state index contributed by atoms with van der Waals surface area (Å²) < 4.78 is 11.9. The lowest BCUT2D eigenvalue weighted by Gasteiger charge is -2.21. The van der Waals surface area contributed by atoms with Crippen LogP contribution in [0.5, 0.6) is 0 Å². The summed E-state index contributed by atoms with van der Waals surface area (Å²) in [5.41, 5.74) is 0. The van der Waals surface area contributed by atoms with Crippen LogP contribution in [-0.4, -0.2) is 33.0 Å². The highest BCUT2D eigenvalue weighted by molar-refractivity contribution is 7.84. The van der Waals surface area contributed by atoms with Crippen molar-refractivity contribution in [1.82, 2.24) is 15.3 Å². The second kappa shape index (κ2) is 5.32. The minimum Gasteiger partial charge on any atom is -0.316 e. The molecule has 2 rings (SSSR count). The number of hydrogen-bond donors (Lipinski definition) is 1. The highest BCUT2D eigenvalue weighted by Gasteiger charge is 2.17. The summed E-state index contributed by atoms with van der Waals surface area (Å²) in [4.78, 5) is 8.02. The van der Waals surface area contributed by atoms with Gasteiger partial charge in [-0.2, -0.15) is 0 Å². The average molecular weight is 225 g/mol. The van der Waals surface area contributed by atoms with Gasteiger partial charge in [0.15, 0.2) is 0 Å². The third-order valence-corrected chi connectivity index (χ3v) is 3.92. The molecule has 82 valence electrons. The van der Waals surface area contributed by atoms with Gasteiger partial charge >= 0.3 is 0 Å². The smallest absolute Gasteiger partial charge is 0.218 e. The van der Waals surface area contributed by atoms with Gasteiger partial charge in [-0.25, -0.2) is 9.97 Å². The lowest BCUT2D eigenvalue weighted by Crippen LogP contribution is -2.32. The molecule has 0 aliphatic carbocycles. The third kappa shape index (κ3) is 3.07. The van der Waals surface area contributed by atoms with E-state index in [0.717, 1.165) is 19.5 Å². The van der Waals surface area contributed by atoms with E-state index in [1.54, 1.807) is 18.5 Å². The first-order valence-corrected chi connectivity index (χ1v) is 6.54. The van der Waals surface area contributed by atoms with Crippen LogP contribution in [0.3, 0.4) is 0 Å². The van der Waals surface area contributed by atoms with Gasteiger partial charge in [-0.1, -0.05) is 0 Å². The van der Waals surface area contributed by atoms with Gasteiger partial charge in [-0.05, 0) is 37.9 Å².